The molecule has 2 bridgehead atoms. The van der Waals surface area contributed by atoms with Gasteiger partial charge in [0.05, 0.1) is 0 Å². The summed E-state index contributed by atoms with van der Waals surface area (Å²) in [4.78, 5) is 2.42. The number of hydrogen-bond donors (Lipinski definition) is 2. The lowest BCUT2D eigenvalue weighted by molar-refractivity contribution is 0.201. The van der Waals surface area contributed by atoms with Crippen LogP contribution in [0.1, 0.15) is 13.3 Å². The molecule has 3 heteroatoms. The van der Waals surface area contributed by atoms with Crippen molar-refractivity contribution < 1.29 is 0 Å². The van der Waals surface area contributed by atoms with Crippen LogP contribution in [0.4, 0.5) is 0 Å². The topological polar surface area (TPSA) is 55.3 Å². The normalized spacial score (nSPS) is 50.5. The zero-order valence-corrected chi connectivity index (χ0v) is 7.03. The van der Waals surface area contributed by atoms with Crippen LogP contribution >= 0.6 is 0 Å². The second kappa shape index (κ2) is 2.44. The zero-order chi connectivity index (χ0) is 8.01. The highest BCUT2D eigenvalue weighted by Crippen LogP contribution is 2.35. The van der Waals surface area contributed by atoms with Gasteiger partial charge < -0.3 is 11.5 Å². The minimum atomic E-state index is 0.337. The summed E-state index contributed by atoms with van der Waals surface area (Å²) in [5.74, 6) is 0.676. The van der Waals surface area contributed by atoms with Gasteiger partial charge in [0, 0.05) is 24.7 Å². The van der Waals surface area contributed by atoms with Gasteiger partial charge in [0.25, 0.3) is 0 Å². The third kappa shape index (κ3) is 0.916. The van der Waals surface area contributed by atoms with Crippen LogP contribution < -0.4 is 11.5 Å². The van der Waals surface area contributed by atoms with Gasteiger partial charge in [0.1, 0.15) is 0 Å². The molecule has 0 aromatic carbocycles. The van der Waals surface area contributed by atoms with E-state index >= 15 is 0 Å². The summed E-state index contributed by atoms with van der Waals surface area (Å²) >= 11 is 0. The monoisotopic (exact) mass is 155 g/mol. The minimum absolute atomic E-state index is 0.337. The maximum absolute atomic E-state index is 6.02. The molecule has 2 rings (SSSR count). The average molecular weight is 155 g/mol. The van der Waals surface area contributed by atoms with E-state index in [0.29, 0.717) is 24.0 Å². The van der Waals surface area contributed by atoms with E-state index < -0.39 is 0 Å². The number of likely N-dealkylation sites (N-methyl/N-ethyl adjacent to an activating group) is 1. The quantitative estimate of drug-likeness (QED) is 0.530. The van der Waals surface area contributed by atoms with Gasteiger partial charge in [-0.3, -0.25) is 4.90 Å². The smallest absolute Gasteiger partial charge is 0.0401 e. The molecule has 2 aliphatic rings. The lowest BCUT2D eigenvalue weighted by atomic mass is 10.1. The molecule has 0 aromatic rings. The Hall–Kier alpha value is -0.120. The predicted molar refractivity (Wildman–Crippen MR) is 45.1 cm³/mol. The molecule has 11 heavy (non-hydrogen) atoms. The van der Waals surface area contributed by atoms with Crippen molar-refractivity contribution in [2.75, 3.05) is 13.1 Å². The number of nitrogens with zero attached hydrogens (tertiary/aromatic N) is 1. The van der Waals surface area contributed by atoms with E-state index in [1.807, 2.05) is 0 Å². The van der Waals surface area contributed by atoms with Crippen molar-refractivity contribution in [3.8, 4) is 0 Å². The molecular formula is C8H17N3. The van der Waals surface area contributed by atoms with Gasteiger partial charge in [0.15, 0.2) is 0 Å². The Balaban J connectivity index is 2.13. The molecule has 64 valence electrons. The van der Waals surface area contributed by atoms with Gasteiger partial charge in [0.2, 0.25) is 0 Å². The van der Waals surface area contributed by atoms with Crippen molar-refractivity contribution >= 4 is 0 Å². The first-order valence-corrected chi connectivity index (χ1v) is 4.49. The van der Waals surface area contributed by atoms with Gasteiger partial charge in [-0.15, -0.1) is 0 Å². The van der Waals surface area contributed by atoms with E-state index in [1.165, 1.54) is 6.54 Å². The molecule has 0 amide bonds. The van der Waals surface area contributed by atoms with Crippen molar-refractivity contribution in [3.63, 3.8) is 0 Å². The van der Waals surface area contributed by atoms with Crippen LogP contribution in [-0.2, 0) is 0 Å². The number of likely N-dealkylation sites (tertiary alicyclic amines) is 1. The molecule has 2 fully saturated rings. The van der Waals surface area contributed by atoms with Gasteiger partial charge >= 0.3 is 0 Å². The van der Waals surface area contributed by atoms with Crippen LogP contribution in [0.15, 0.2) is 0 Å². The van der Waals surface area contributed by atoms with E-state index in [2.05, 4.69) is 11.8 Å². The summed E-state index contributed by atoms with van der Waals surface area (Å²) < 4.78 is 0. The molecule has 1 saturated heterocycles. The molecule has 0 radical (unpaired) electrons. The van der Waals surface area contributed by atoms with Crippen LogP contribution in [0.2, 0.25) is 0 Å². The summed E-state index contributed by atoms with van der Waals surface area (Å²) in [5.41, 5.74) is 12.0. The summed E-state index contributed by atoms with van der Waals surface area (Å²) in [7, 11) is 0. The molecule has 0 aromatic heterocycles. The van der Waals surface area contributed by atoms with Crippen LogP contribution in [0.5, 0.6) is 0 Å². The summed E-state index contributed by atoms with van der Waals surface area (Å²) in [6, 6.07) is 1.17. The van der Waals surface area contributed by atoms with Crippen molar-refractivity contribution in [3.05, 3.63) is 0 Å². The average Bonchev–Trinajstić information content (AvgIpc) is 2.42. The fourth-order valence-corrected chi connectivity index (χ4v) is 2.68. The molecule has 4 atom stereocenters. The molecule has 1 saturated carbocycles. The first-order valence-electron chi connectivity index (χ1n) is 4.49. The molecule has 1 aliphatic heterocycles. The largest absolute Gasteiger partial charge is 0.326 e. The first kappa shape index (κ1) is 7.53. The second-order valence-corrected chi connectivity index (χ2v) is 3.82. The van der Waals surface area contributed by atoms with Crippen LogP contribution in [0.3, 0.4) is 0 Å². The van der Waals surface area contributed by atoms with E-state index in [1.54, 1.807) is 0 Å². The zero-order valence-electron chi connectivity index (χ0n) is 7.03. The molecule has 0 spiro atoms. The van der Waals surface area contributed by atoms with Gasteiger partial charge in [-0.2, -0.15) is 0 Å². The molecule has 4 N–H and O–H groups in total. The van der Waals surface area contributed by atoms with Crippen LogP contribution in [0, 0.1) is 5.92 Å². The molecule has 3 unspecified atom stereocenters. The predicted octanol–water partition coefficient (Wildman–Crippen LogP) is -0.635. The lowest BCUT2D eigenvalue weighted by Crippen LogP contribution is -2.48. The van der Waals surface area contributed by atoms with E-state index in [-0.39, 0.29) is 0 Å². The molecule has 1 heterocycles. The first-order chi connectivity index (χ1) is 5.24. The van der Waals surface area contributed by atoms with E-state index in [9.17, 15) is 0 Å². The maximum atomic E-state index is 6.02. The molecule has 3 nitrogen and oxygen atoms in total. The number of nitrogens with two attached hydrogens (primary N) is 2. The van der Waals surface area contributed by atoms with E-state index in [0.717, 1.165) is 13.0 Å². The van der Waals surface area contributed by atoms with Gasteiger partial charge in [-0.1, -0.05) is 6.92 Å². The van der Waals surface area contributed by atoms with Crippen molar-refractivity contribution in [1.29, 1.82) is 0 Å². The Labute approximate surface area is 67.7 Å². The third-order valence-corrected chi connectivity index (χ3v) is 3.25. The number of piperidine rings is 1. The van der Waals surface area contributed by atoms with Gasteiger partial charge in [-0.25, -0.2) is 0 Å². The number of fused-ring (bicyclic) bond motifs is 2. The maximum Gasteiger partial charge on any atom is 0.0401 e. The van der Waals surface area contributed by atoms with Crippen molar-refractivity contribution in [2.24, 2.45) is 17.4 Å². The fourth-order valence-electron chi connectivity index (χ4n) is 2.68. The Morgan fingerprint density at radius 1 is 1.45 bits per heavy atom. The van der Waals surface area contributed by atoms with Crippen molar-refractivity contribution in [1.82, 2.24) is 4.90 Å². The lowest BCUT2D eigenvalue weighted by Gasteiger charge is -2.29. The second-order valence-electron chi connectivity index (χ2n) is 3.82. The van der Waals surface area contributed by atoms with E-state index in [4.69, 9.17) is 11.5 Å². The summed E-state index contributed by atoms with van der Waals surface area (Å²) in [6.45, 7) is 4.46. The summed E-state index contributed by atoms with van der Waals surface area (Å²) in [5, 5.41) is 0. The SMILES string of the molecule is CCN1CC2C[C@H](N)C1C2N. The Morgan fingerprint density at radius 2 is 2.18 bits per heavy atom. The Kier molecular flexibility index (Phi) is 1.67. The highest BCUT2D eigenvalue weighted by atomic mass is 15.2. The third-order valence-electron chi connectivity index (χ3n) is 3.25. The highest BCUT2D eigenvalue weighted by molar-refractivity contribution is 5.08. The van der Waals surface area contributed by atoms with Crippen molar-refractivity contribution in [2.45, 2.75) is 31.5 Å². The van der Waals surface area contributed by atoms with Crippen LogP contribution in [-0.4, -0.2) is 36.1 Å². The van der Waals surface area contributed by atoms with Gasteiger partial charge in [-0.05, 0) is 18.9 Å². The molecule has 1 aliphatic carbocycles. The number of rotatable bonds is 1. The summed E-state index contributed by atoms with van der Waals surface area (Å²) in [6.07, 6.45) is 1.14. The molecular weight excluding hydrogens is 138 g/mol. The fraction of sp³-hybridized carbons (Fsp3) is 1.00. The Morgan fingerprint density at radius 3 is 2.55 bits per heavy atom. The number of hydrogen-bond acceptors (Lipinski definition) is 3. The Bertz CT molecular complexity index is 159. The standard InChI is InChI=1S/C8H17N3/c1-2-11-4-5-3-6(9)8(11)7(5)10/h5-8H,2-4,9-10H2,1H3/t5?,6-,7?,8?/m0/s1. The van der Waals surface area contributed by atoms with Crippen LogP contribution in [0.25, 0.3) is 0 Å². The minimum Gasteiger partial charge on any atom is -0.326 e. The highest BCUT2D eigenvalue weighted by Gasteiger charge is 2.48.